The summed E-state index contributed by atoms with van der Waals surface area (Å²) < 4.78 is 37.2. The Hall–Kier alpha value is -1.88. The minimum Gasteiger partial charge on any atom is -0.399 e. The molecule has 2 aromatic carbocycles. The second kappa shape index (κ2) is 5.01. The smallest absolute Gasteiger partial charge is 0.399 e. The maximum Gasteiger partial charge on any atom is 0.416 e. The normalized spacial score (nSPS) is 11.4. The first-order valence-corrected chi connectivity index (χ1v) is 5.73. The molecule has 0 spiro atoms. The summed E-state index contributed by atoms with van der Waals surface area (Å²) in [6.07, 6.45) is -4.34. The summed E-state index contributed by atoms with van der Waals surface area (Å²) in [6, 6.07) is 9.54. The van der Waals surface area contributed by atoms with E-state index in [2.05, 4.69) is 5.32 Å². The van der Waals surface area contributed by atoms with Gasteiger partial charge in [0, 0.05) is 11.4 Å². The maximum absolute atomic E-state index is 12.4. The van der Waals surface area contributed by atoms with Gasteiger partial charge in [-0.15, -0.1) is 0 Å². The third kappa shape index (κ3) is 3.32. The number of hydrogen-bond acceptors (Lipinski definition) is 2. The molecule has 6 heteroatoms. The van der Waals surface area contributed by atoms with E-state index in [1.54, 1.807) is 18.2 Å². The van der Waals surface area contributed by atoms with Crippen LogP contribution in [-0.4, -0.2) is 0 Å². The van der Waals surface area contributed by atoms with Crippen molar-refractivity contribution in [1.82, 2.24) is 0 Å². The number of rotatable bonds is 2. The standard InChI is InChI=1S/C13H10ClF3N2/c14-11-6-3-9(18)7-12(11)19-10-4-1-8(2-5-10)13(15,16)17/h1-7,19H,18H2. The van der Waals surface area contributed by atoms with Gasteiger partial charge < -0.3 is 11.1 Å². The zero-order valence-electron chi connectivity index (χ0n) is 9.63. The highest BCUT2D eigenvalue weighted by atomic mass is 35.5. The van der Waals surface area contributed by atoms with Crippen LogP contribution in [0.2, 0.25) is 5.02 Å². The average molecular weight is 287 g/mol. The Labute approximate surface area is 113 Å². The van der Waals surface area contributed by atoms with Crippen LogP contribution in [0.4, 0.5) is 30.2 Å². The van der Waals surface area contributed by atoms with Crippen LogP contribution in [-0.2, 0) is 6.18 Å². The lowest BCUT2D eigenvalue weighted by Gasteiger charge is -2.11. The molecule has 0 aliphatic heterocycles. The number of anilines is 3. The van der Waals surface area contributed by atoms with Gasteiger partial charge in [0.2, 0.25) is 0 Å². The molecule has 0 heterocycles. The predicted molar refractivity (Wildman–Crippen MR) is 70.6 cm³/mol. The molecule has 0 aliphatic rings. The van der Waals surface area contributed by atoms with Gasteiger partial charge >= 0.3 is 6.18 Å². The van der Waals surface area contributed by atoms with Crippen LogP contribution in [0.25, 0.3) is 0 Å². The van der Waals surface area contributed by atoms with Gasteiger partial charge in [0.15, 0.2) is 0 Å². The van der Waals surface area contributed by atoms with Crippen molar-refractivity contribution in [2.75, 3.05) is 11.1 Å². The van der Waals surface area contributed by atoms with Gasteiger partial charge in [0.1, 0.15) is 0 Å². The van der Waals surface area contributed by atoms with E-state index in [4.69, 9.17) is 17.3 Å². The van der Waals surface area contributed by atoms with Crippen LogP contribution in [0.15, 0.2) is 42.5 Å². The van der Waals surface area contributed by atoms with Gasteiger partial charge in [-0.05, 0) is 42.5 Å². The van der Waals surface area contributed by atoms with Crippen molar-refractivity contribution in [3.05, 3.63) is 53.1 Å². The van der Waals surface area contributed by atoms with Gasteiger partial charge in [0.25, 0.3) is 0 Å². The molecule has 3 N–H and O–H groups in total. The van der Waals surface area contributed by atoms with E-state index in [9.17, 15) is 13.2 Å². The summed E-state index contributed by atoms with van der Waals surface area (Å²) in [6.45, 7) is 0. The summed E-state index contributed by atoms with van der Waals surface area (Å²) in [5, 5.41) is 3.35. The zero-order chi connectivity index (χ0) is 14.0. The molecular weight excluding hydrogens is 277 g/mol. The maximum atomic E-state index is 12.4. The first-order valence-electron chi connectivity index (χ1n) is 5.35. The van der Waals surface area contributed by atoms with Crippen molar-refractivity contribution < 1.29 is 13.2 Å². The van der Waals surface area contributed by atoms with Gasteiger partial charge in [0.05, 0.1) is 16.3 Å². The summed E-state index contributed by atoms with van der Waals surface area (Å²) in [5.41, 5.74) is 6.47. The van der Waals surface area contributed by atoms with Crippen LogP contribution in [0, 0.1) is 0 Å². The fourth-order valence-electron chi connectivity index (χ4n) is 1.54. The molecule has 0 aromatic heterocycles. The van der Waals surface area contributed by atoms with Crippen molar-refractivity contribution in [3.63, 3.8) is 0 Å². The monoisotopic (exact) mass is 286 g/mol. The van der Waals surface area contributed by atoms with Crippen molar-refractivity contribution in [3.8, 4) is 0 Å². The van der Waals surface area contributed by atoms with E-state index in [1.807, 2.05) is 0 Å². The number of alkyl halides is 3. The molecule has 0 radical (unpaired) electrons. The molecule has 100 valence electrons. The largest absolute Gasteiger partial charge is 0.416 e. The minimum atomic E-state index is -4.34. The average Bonchev–Trinajstić information content (AvgIpc) is 2.33. The Morgan fingerprint density at radius 2 is 1.63 bits per heavy atom. The molecule has 0 bridgehead atoms. The Morgan fingerprint density at radius 1 is 1.00 bits per heavy atom. The van der Waals surface area contributed by atoms with Crippen molar-refractivity contribution in [2.45, 2.75) is 6.18 Å². The predicted octanol–water partition coefficient (Wildman–Crippen LogP) is 4.68. The van der Waals surface area contributed by atoms with E-state index in [0.29, 0.717) is 22.1 Å². The first kappa shape index (κ1) is 13.5. The molecule has 0 saturated carbocycles. The number of hydrogen-bond donors (Lipinski definition) is 2. The Morgan fingerprint density at radius 3 is 2.21 bits per heavy atom. The Bertz CT molecular complexity index is 579. The van der Waals surface area contributed by atoms with Crippen LogP contribution < -0.4 is 11.1 Å². The van der Waals surface area contributed by atoms with E-state index in [-0.39, 0.29) is 0 Å². The lowest BCUT2D eigenvalue weighted by Crippen LogP contribution is -2.04. The van der Waals surface area contributed by atoms with Crippen LogP contribution in [0.3, 0.4) is 0 Å². The molecular formula is C13H10ClF3N2. The fourth-order valence-corrected chi connectivity index (χ4v) is 1.70. The molecule has 0 aliphatic carbocycles. The number of benzene rings is 2. The molecule has 0 fully saturated rings. The molecule has 2 rings (SSSR count). The van der Waals surface area contributed by atoms with Crippen molar-refractivity contribution >= 4 is 28.7 Å². The summed E-state index contributed by atoms with van der Waals surface area (Å²) in [7, 11) is 0. The molecule has 0 atom stereocenters. The number of halogens is 4. The van der Waals surface area contributed by atoms with Crippen LogP contribution in [0.5, 0.6) is 0 Å². The summed E-state index contributed by atoms with van der Waals surface area (Å²) in [4.78, 5) is 0. The second-order valence-corrected chi connectivity index (χ2v) is 4.35. The van der Waals surface area contributed by atoms with E-state index < -0.39 is 11.7 Å². The molecule has 0 amide bonds. The third-order valence-corrected chi connectivity index (χ3v) is 2.81. The van der Waals surface area contributed by atoms with Crippen molar-refractivity contribution in [1.29, 1.82) is 0 Å². The van der Waals surface area contributed by atoms with Gasteiger partial charge in [-0.1, -0.05) is 11.6 Å². The minimum absolute atomic E-state index is 0.439. The van der Waals surface area contributed by atoms with Crippen LogP contribution >= 0.6 is 11.6 Å². The molecule has 0 saturated heterocycles. The van der Waals surface area contributed by atoms with E-state index in [0.717, 1.165) is 12.1 Å². The summed E-state index contributed by atoms with van der Waals surface area (Å²) >= 11 is 5.95. The molecule has 0 unspecified atom stereocenters. The molecule has 2 nitrogen and oxygen atoms in total. The fraction of sp³-hybridized carbons (Fsp3) is 0.0769. The third-order valence-electron chi connectivity index (χ3n) is 2.48. The Balaban J connectivity index is 2.22. The lowest BCUT2D eigenvalue weighted by molar-refractivity contribution is -0.137. The lowest BCUT2D eigenvalue weighted by atomic mass is 10.2. The van der Waals surface area contributed by atoms with Crippen LogP contribution in [0.1, 0.15) is 5.56 Å². The Kier molecular flexibility index (Phi) is 3.57. The summed E-state index contributed by atoms with van der Waals surface area (Å²) in [5.74, 6) is 0. The topological polar surface area (TPSA) is 38.0 Å². The molecule has 2 aromatic rings. The highest BCUT2D eigenvalue weighted by molar-refractivity contribution is 6.33. The van der Waals surface area contributed by atoms with Gasteiger partial charge in [-0.25, -0.2) is 0 Å². The second-order valence-electron chi connectivity index (χ2n) is 3.94. The van der Waals surface area contributed by atoms with Gasteiger partial charge in [-0.2, -0.15) is 13.2 Å². The number of nitrogens with one attached hydrogen (secondary N) is 1. The quantitative estimate of drug-likeness (QED) is 0.786. The zero-order valence-corrected chi connectivity index (χ0v) is 10.4. The number of nitrogens with two attached hydrogens (primary N) is 1. The van der Waals surface area contributed by atoms with Crippen molar-refractivity contribution in [2.24, 2.45) is 0 Å². The van der Waals surface area contributed by atoms with Gasteiger partial charge in [-0.3, -0.25) is 0 Å². The highest BCUT2D eigenvalue weighted by Gasteiger charge is 2.29. The highest BCUT2D eigenvalue weighted by Crippen LogP contribution is 2.31. The molecule has 19 heavy (non-hydrogen) atoms. The van der Waals surface area contributed by atoms with E-state index >= 15 is 0 Å². The number of nitrogen functional groups attached to an aromatic ring is 1. The van der Waals surface area contributed by atoms with E-state index in [1.165, 1.54) is 12.1 Å². The first-order chi connectivity index (χ1) is 8.86. The SMILES string of the molecule is Nc1ccc(Cl)c(Nc2ccc(C(F)(F)F)cc2)c1.